The number of hydrogen-bond donors (Lipinski definition) is 0. The predicted molar refractivity (Wildman–Crippen MR) is 75.4 cm³/mol. The van der Waals surface area contributed by atoms with Crippen LogP contribution in [-0.2, 0) is 11.2 Å². The number of carbonyl (C=O) groups excluding carboxylic acids is 1. The Morgan fingerprint density at radius 2 is 2.22 bits per heavy atom. The first kappa shape index (κ1) is 13.3. The van der Waals surface area contributed by atoms with E-state index in [1.165, 1.54) is 12.7 Å². The van der Waals surface area contributed by atoms with Gasteiger partial charge in [0.2, 0.25) is 0 Å². The number of hydrogen-bond acceptors (Lipinski definition) is 3. The maximum absolute atomic E-state index is 11.6. The summed E-state index contributed by atoms with van der Waals surface area (Å²) in [5, 5.41) is 0. The molecule has 0 saturated heterocycles. The van der Waals surface area contributed by atoms with Gasteiger partial charge in [-0.15, -0.1) is 0 Å². The number of ether oxygens (including phenoxy) is 1. The molecule has 0 aromatic heterocycles. The first-order valence-electron chi connectivity index (χ1n) is 5.97. The molecule has 0 spiro atoms. The topological polar surface area (TPSA) is 38.7 Å². The van der Waals surface area contributed by atoms with Crippen molar-refractivity contribution < 1.29 is 9.53 Å². The Morgan fingerprint density at radius 3 is 2.83 bits per heavy atom. The maximum Gasteiger partial charge on any atom is 0.339 e. The van der Waals surface area contributed by atoms with Gasteiger partial charge in [0.25, 0.3) is 0 Å². The normalized spacial score (nSPS) is 17.7. The number of carbonyl (C=O) groups is 1. The van der Waals surface area contributed by atoms with E-state index < -0.39 is 0 Å². The van der Waals surface area contributed by atoms with E-state index in [2.05, 4.69) is 34.8 Å². The van der Waals surface area contributed by atoms with E-state index in [9.17, 15) is 4.79 Å². The molecule has 96 valence electrons. The third-order valence-electron chi connectivity index (χ3n) is 3.24. The first-order chi connectivity index (χ1) is 8.52. The third-order valence-corrected chi connectivity index (χ3v) is 3.89. The van der Waals surface area contributed by atoms with Crippen LogP contribution in [0.2, 0.25) is 0 Å². The summed E-state index contributed by atoms with van der Waals surface area (Å²) < 4.78 is 5.54. The second-order valence-corrected chi connectivity index (χ2v) is 5.67. The molecule has 2 rings (SSSR count). The Hall–Kier alpha value is -1.16. The van der Waals surface area contributed by atoms with E-state index in [0.29, 0.717) is 17.5 Å². The average Bonchev–Trinajstić information content (AvgIpc) is 2.36. The minimum Gasteiger partial charge on any atom is -0.465 e. The van der Waals surface area contributed by atoms with Crippen molar-refractivity contribution in [3.05, 3.63) is 33.3 Å². The van der Waals surface area contributed by atoms with Crippen LogP contribution in [0.5, 0.6) is 0 Å². The van der Waals surface area contributed by atoms with Gasteiger partial charge < -0.3 is 4.74 Å². The molecule has 0 bridgehead atoms. The molecule has 1 aliphatic rings. The van der Waals surface area contributed by atoms with Crippen LogP contribution in [0.15, 0.2) is 21.6 Å². The molecule has 0 aliphatic carbocycles. The van der Waals surface area contributed by atoms with E-state index in [0.717, 1.165) is 16.5 Å². The van der Waals surface area contributed by atoms with Gasteiger partial charge in [-0.05, 0) is 51.5 Å². The summed E-state index contributed by atoms with van der Waals surface area (Å²) in [6.45, 7) is 4.34. The fourth-order valence-electron chi connectivity index (χ4n) is 2.06. The van der Waals surface area contributed by atoms with Gasteiger partial charge in [0.05, 0.1) is 18.7 Å². The second-order valence-electron chi connectivity index (χ2n) is 4.82. The molecule has 1 aromatic carbocycles. The largest absolute Gasteiger partial charge is 0.465 e. The van der Waals surface area contributed by atoms with Crippen molar-refractivity contribution in [1.29, 1.82) is 0 Å². The van der Waals surface area contributed by atoms with Crippen LogP contribution < -0.4 is 0 Å². The van der Waals surface area contributed by atoms with Crippen LogP contribution in [0, 0.1) is 5.92 Å². The summed E-state index contributed by atoms with van der Waals surface area (Å²) in [7, 11) is 1.39. The van der Waals surface area contributed by atoms with Crippen molar-refractivity contribution in [2.45, 2.75) is 26.3 Å². The van der Waals surface area contributed by atoms with Gasteiger partial charge >= 0.3 is 5.97 Å². The van der Waals surface area contributed by atoms with Crippen LogP contribution in [0.1, 0.15) is 35.3 Å². The van der Waals surface area contributed by atoms with E-state index in [1.54, 1.807) is 0 Å². The summed E-state index contributed by atoms with van der Waals surface area (Å²) in [5.41, 5.74) is 2.78. The summed E-state index contributed by atoms with van der Waals surface area (Å²) >= 11 is 3.43. The molecule has 1 aromatic rings. The lowest BCUT2D eigenvalue weighted by atomic mass is 9.91. The zero-order chi connectivity index (χ0) is 13.3. The molecule has 1 heterocycles. The Morgan fingerprint density at radius 1 is 1.50 bits per heavy atom. The Labute approximate surface area is 115 Å². The van der Waals surface area contributed by atoms with Crippen molar-refractivity contribution in [2.75, 3.05) is 7.11 Å². The number of nitrogens with zero attached hydrogens (tertiary/aromatic N) is 1. The van der Waals surface area contributed by atoms with Crippen molar-refractivity contribution >= 4 is 28.1 Å². The van der Waals surface area contributed by atoms with Crippen LogP contribution in [0.25, 0.3) is 0 Å². The van der Waals surface area contributed by atoms with Gasteiger partial charge in [-0.3, -0.25) is 4.99 Å². The smallest absolute Gasteiger partial charge is 0.339 e. The predicted octanol–water partition coefficient (Wildman–Crippen LogP) is 3.24. The monoisotopic (exact) mass is 309 g/mol. The lowest BCUT2D eigenvalue weighted by Crippen LogP contribution is -2.21. The van der Waals surface area contributed by atoms with Gasteiger partial charge in [-0.1, -0.05) is 13.8 Å². The average molecular weight is 310 g/mol. The van der Waals surface area contributed by atoms with Crippen LogP contribution >= 0.6 is 15.9 Å². The molecule has 18 heavy (non-hydrogen) atoms. The Balaban J connectivity index is 2.39. The van der Waals surface area contributed by atoms with Crippen molar-refractivity contribution in [2.24, 2.45) is 10.9 Å². The third kappa shape index (κ3) is 2.48. The highest BCUT2D eigenvalue weighted by atomic mass is 79.9. The van der Waals surface area contributed by atoms with Gasteiger partial charge in [-0.2, -0.15) is 0 Å². The molecule has 0 amide bonds. The Kier molecular flexibility index (Phi) is 3.85. The molecule has 0 fully saturated rings. The number of methoxy groups -OCH3 is 1. The van der Waals surface area contributed by atoms with Gasteiger partial charge in [-0.25, -0.2) is 4.79 Å². The summed E-state index contributed by atoms with van der Waals surface area (Å²) in [5.74, 6) is 0.192. The number of benzene rings is 1. The van der Waals surface area contributed by atoms with E-state index >= 15 is 0 Å². The number of aliphatic imine (C=N–C) groups is 1. The molecule has 0 radical (unpaired) electrons. The summed E-state index contributed by atoms with van der Waals surface area (Å²) in [6, 6.07) is 4.17. The van der Waals surface area contributed by atoms with Gasteiger partial charge in [0, 0.05) is 10.7 Å². The second kappa shape index (κ2) is 5.22. The van der Waals surface area contributed by atoms with Crippen LogP contribution in [-0.4, -0.2) is 25.3 Å². The quantitative estimate of drug-likeness (QED) is 0.787. The van der Waals surface area contributed by atoms with E-state index in [1.807, 2.05) is 18.3 Å². The molecule has 1 aliphatic heterocycles. The summed E-state index contributed by atoms with van der Waals surface area (Å²) in [6.07, 6.45) is 2.78. The lowest BCUT2D eigenvalue weighted by Gasteiger charge is -2.22. The van der Waals surface area contributed by atoms with E-state index in [-0.39, 0.29) is 5.97 Å². The standard InChI is InChI=1S/C14H16BrNO2/c1-8(2)13-6-9-5-12(15)11(14(17)18-3)4-10(9)7-16-13/h4-5,7-8,13H,6H2,1-3H3. The highest BCUT2D eigenvalue weighted by Gasteiger charge is 2.21. The number of fused-ring (bicyclic) bond motifs is 1. The number of rotatable bonds is 2. The van der Waals surface area contributed by atoms with Crippen molar-refractivity contribution in [1.82, 2.24) is 0 Å². The Bertz CT molecular complexity index is 509. The number of esters is 1. The van der Waals surface area contributed by atoms with Crippen LogP contribution in [0.3, 0.4) is 0 Å². The fraction of sp³-hybridized carbons (Fsp3) is 0.429. The van der Waals surface area contributed by atoms with Crippen LogP contribution in [0.4, 0.5) is 0 Å². The highest BCUT2D eigenvalue weighted by Crippen LogP contribution is 2.27. The SMILES string of the molecule is COC(=O)c1cc2c(cc1Br)CC(C(C)C)N=C2. The maximum atomic E-state index is 11.6. The van der Waals surface area contributed by atoms with Crippen molar-refractivity contribution in [3.63, 3.8) is 0 Å². The molecule has 0 saturated carbocycles. The molecular formula is C14H16BrNO2. The lowest BCUT2D eigenvalue weighted by molar-refractivity contribution is 0.0599. The van der Waals surface area contributed by atoms with Crippen molar-refractivity contribution in [3.8, 4) is 0 Å². The summed E-state index contributed by atoms with van der Waals surface area (Å²) in [4.78, 5) is 16.1. The zero-order valence-electron chi connectivity index (χ0n) is 10.7. The van der Waals surface area contributed by atoms with E-state index in [4.69, 9.17) is 4.74 Å². The highest BCUT2D eigenvalue weighted by molar-refractivity contribution is 9.10. The molecule has 1 unspecified atom stereocenters. The minimum absolute atomic E-state index is 0.327. The van der Waals surface area contributed by atoms with Gasteiger partial charge in [0.15, 0.2) is 0 Å². The molecule has 4 heteroatoms. The molecule has 1 atom stereocenters. The zero-order valence-corrected chi connectivity index (χ0v) is 12.3. The molecule has 0 N–H and O–H groups in total. The fourth-order valence-corrected chi connectivity index (χ4v) is 2.61. The number of halogens is 1. The first-order valence-corrected chi connectivity index (χ1v) is 6.76. The molecular weight excluding hydrogens is 294 g/mol. The van der Waals surface area contributed by atoms with Gasteiger partial charge in [0.1, 0.15) is 0 Å². The minimum atomic E-state index is -0.330. The molecule has 3 nitrogen and oxygen atoms in total.